The van der Waals surface area contributed by atoms with Gasteiger partial charge in [-0.15, -0.1) is 0 Å². The minimum atomic E-state index is 0.430. The second-order valence-corrected chi connectivity index (χ2v) is 4.69. The summed E-state index contributed by atoms with van der Waals surface area (Å²) in [6.45, 7) is 4.10. The SMILES string of the molecule is Cc1ccc(Nc2nc(N)cc(Br)n2)c(C)c1. The monoisotopic (exact) mass is 292 g/mol. The van der Waals surface area contributed by atoms with Crippen molar-refractivity contribution in [3.8, 4) is 0 Å². The molecule has 0 radical (unpaired) electrons. The molecule has 0 aliphatic carbocycles. The molecule has 2 rings (SSSR count). The van der Waals surface area contributed by atoms with E-state index < -0.39 is 0 Å². The lowest BCUT2D eigenvalue weighted by Crippen LogP contribution is -2.01. The molecule has 0 unspecified atom stereocenters. The van der Waals surface area contributed by atoms with Crippen molar-refractivity contribution in [2.24, 2.45) is 0 Å². The molecule has 0 aliphatic heterocycles. The minimum Gasteiger partial charge on any atom is -0.383 e. The average Bonchev–Trinajstić information content (AvgIpc) is 2.21. The Kier molecular flexibility index (Phi) is 3.28. The Morgan fingerprint density at radius 2 is 1.94 bits per heavy atom. The Morgan fingerprint density at radius 1 is 1.18 bits per heavy atom. The van der Waals surface area contributed by atoms with Crippen LogP contribution in [0.25, 0.3) is 0 Å². The highest BCUT2D eigenvalue weighted by Crippen LogP contribution is 2.21. The van der Waals surface area contributed by atoms with Crippen molar-refractivity contribution in [2.75, 3.05) is 11.1 Å². The smallest absolute Gasteiger partial charge is 0.230 e. The van der Waals surface area contributed by atoms with Gasteiger partial charge in [-0.25, -0.2) is 4.98 Å². The van der Waals surface area contributed by atoms with Gasteiger partial charge in [-0.3, -0.25) is 0 Å². The van der Waals surface area contributed by atoms with Crippen LogP contribution in [-0.4, -0.2) is 9.97 Å². The van der Waals surface area contributed by atoms with E-state index in [4.69, 9.17) is 5.73 Å². The predicted molar refractivity (Wildman–Crippen MR) is 73.3 cm³/mol. The van der Waals surface area contributed by atoms with Crippen LogP contribution in [0.3, 0.4) is 0 Å². The van der Waals surface area contributed by atoms with Crippen molar-refractivity contribution < 1.29 is 0 Å². The molecule has 0 saturated carbocycles. The summed E-state index contributed by atoms with van der Waals surface area (Å²) in [5.74, 6) is 0.919. The first-order chi connectivity index (χ1) is 8.04. The van der Waals surface area contributed by atoms with E-state index in [0.717, 1.165) is 11.3 Å². The number of halogens is 1. The van der Waals surface area contributed by atoms with Gasteiger partial charge in [0.25, 0.3) is 0 Å². The van der Waals surface area contributed by atoms with Crippen LogP contribution in [0.5, 0.6) is 0 Å². The van der Waals surface area contributed by atoms with Crippen LogP contribution >= 0.6 is 15.9 Å². The molecule has 2 aromatic rings. The van der Waals surface area contributed by atoms with Crippen LogP contribution in [0.1, 0.15) is 11.1 Å². The molecule has 17 heavy (non-hydrogen) atoms. The van der Waals surface area contributed by atoms with E-state index in [-0.39, 0.29) is 0 Å². The third-order valence-electron chi connectivity index (χ3n) is 2.34. The normalized spacial score (nSPS) is 10.3. The maximum Gasteiger partial charge on any atom is 0.230 e. The van der Waals surface area contributed by atoms with Crippen molar-refractivity contribution in [3.63, 3.8) is 0 Å². The van der Waals surface area contributed by atoms with Crippen molar-refractivity contribution in [3.05, 3.63) is 40.0 Å². The molecular formula is C12H13BrN4. The first kappa shape index (κ1) is 11.9. The molecule has 0 amide bonds. The number of benzene rings is 1. The van der Waals surface area contributed by atoms with E-state index in [9.17, 15) is 0 Å². The molecule has 0 fully saturated rings. The van der Waals surface area contributed by atoms with Crippen LogP contribution in [0.4, 0.5) is 17.5 Å². The van der Waals surface area contributed by atoms with Crippen LogP contribution in [0, 0.1) is 13.8 Å². The van der Waals surface area contributed by atoms with Gasteiger partial charge in [0.05, 0.1) is 0 Å². The first-order valence-electron chi connectivity index (χ1n) is 5.19. The molecule has 1 aromatic carbocycles. The fraction of sp³-hybridized carbons (Fsp3) is 0.167. The van der Waals surface area contributed by atoms with Gasteiger partial charge in [-0.1, -0.05) is 17.7 Å². The Morgan fingerprint density at radius 3 is 2.59 bits per heavy atom. The number of aromatic nitrogens is 2. The van der Waals surface area contributed by atoms with Crippen LogP contribution in [0.15, 0.2) is 28.9 Å². The molecule has 1 aromatic heterocycles. The second kappa shape index (κ2) is 4.71. The largest absolute Gasteiger partial charge is 0.383 e. The third kappa shape index (κ3) is 2.94. The first-order valence-corrected chi connectivity index (χ1v) is 5.98. The minimum absolute atomic E-state index is 0.430. The lowest BCUT2D eigenvalue weighted by atomic mass is 10.1. The van der Waals surface area contributed by atoms with Crippen LogP contribution in [0.2, 0.25) is 0 Å². The van der Waals surface area contributed by atoms with Crippen molar-refractivity contribution in [1.82, 2.24) is 9.97 Å². The average molecular weight is 293 g/mol. The molecule has 0 bridgehead atoms. The number of hydrogen-bond donors (Lipinski definition) is 2. The fourth-order valence-electron chi connectivity index (χ4n) is 1.57. The summed E-state index contributed by atoms with van der Waals surface area (Å²) in [6, 6.07) is 7.80. The highest BCUT2D eigenvalue weighted by Gasteiger charge is 2.03. The van der Waals surface area contributed by atoms with Gasteiger partial charge < -0.3 is 11.1 Å². The third-order valence-corrected chi connectivity index (χ3v) is 2.75. The zero-order valence-electron chi connectivity index (χ0n) is 9.66. The lowest BCUT2D eigenvalue weighted by Gasteiger charge is -2.09. The van der Waals surface area contributed by atoms with Gasteiger partial charge in [-0.2, -0.15) is 4.98 Å². The van der Waals surface area contributed by atoms with E-state index in [1.807, 2.05) is 19.1 Å². The molecule has 0 aliphatic rings. The number of rotatable bonds is 2. The van der Waals surface area contributed by atoms with Crippen molar-refractivity contribution in [2.45, 2.75) is 13.8 Å². The summed E-state index contributed by atoms with van der Waals surface area (Å²) in [4.78, 5) is 8.33. The number of aryl methyl sites for hydroxylation is 2. The van der Waals surface area contributed by atoms with Gasteiger partial charge in [0, 0.05) is 11.8 Å². The maximum absolute atomic E-state index is 5.65. The van der Waals surface area contributed by atoms with E-state index in [1.165, 1.54) is 5.56 Å². The predicted octanol–water partition coefficient (Wildman–Crippen LogP) is 3.18. The topological polar surface area (TPSA) is 63.8 Å². The number of nitrogens with one attached hydrogen (secondary N) is 1. The van der Waals surface area contributed by atoms with Crippen molar-refractivity contribution in [1.29, 1.82) is 0 Å². The standard InChI is InChI=1S/C12H13BrN4/c1-7-3-4-9(8(2)5-7)15-12-16-10(13)6-11(14)17-12/h3-6H,1-2H3,(H3,14,15,16,17). The van der Waals surface area contributed by atoms with Crippen molar-refractivity contribution >= 4 is 33.4 Å². The Labute approximate surface area is 108 Å². The summed E-state index contributed by atoms with van der Waals surface area (Å²) >= 11 is 3.29. The van der Waals surface area contributed by atoms with Gasteiger partial charge in [0.2, 0.25) is 5.95 Å². The van der Waals surface area contributed by atoms with E-state index >= 15 is 0 Å². The summed E-state index contributed by atoms with van der Waals surface area (Å²) in [5, 5.41) is 3.15. The highest BCUT2D eigenvalue weighted by atomic mass is 79.9. The second-order valence-electron chi connectivity index (χ2n) is 3.88. The molecule has 3 N–H and O–H groups in total. The van der Waals surface area contributed by atoms with Crippen LogP contribution < -0.4 is 11.1 Å². The zero-order valence-corrected chi connectivity index (χ0v) is 11.2. The molecule has 4 nitrogen and oxygen atoms in total. The number of nitrogens with two attached hydrogens (primary N) is 1. The summed E-state index contributed by atoms with van der Waals surface area (Å²) in [6.07, 6.45) is 0. The molecular weight excluding hydrogens is 280 g/mol. The quantitative estimate of drug-likeness (QED) is 0.835. The van der Waals surface area contributed by atoms with Gasteiger partial charge in [0.1, 0.15) is 10.4 Å². The number of anilines is 3. The van der Waals surface area contributed by atoms with Crippen LogP contribution in [-0.2, 0) is 0 Å². The van der Waals surface area contributed by atoms with E-state index in [1.54, 1.807) is 6.07 Å². The summed E-state index contributed by atoms with van der Waals surface area (Å²) in [7, 11) is 0. The molecule has 5 heteroatoms. The van der Waals surface area contributed by atoms with Gasteiger partial charge in [-0.05, 0) is 41.4 Å². The number of nitrogen functional groups attached to an aromatic ring is 1. The molecule has 0 saturated heterocycles. The van der Waals surface area contributed by atoms with E-state index in [2.05, 4.69) is 44.2 Å². The maximum atomic E-state index is 5.65. The summed E-state index contributed by atoms with van der Waals surface area (Å²) in [5.41, 5.74) is 9.00. The Bertz CT molecular complexity index is 534. The molecule has 0 spiro atoms. The van der Waals surface area contributed by atoms with Gasteiger partial charge in [0.15, 0.2) is 0 Å². The number of hydrogen-bond acceptors (Lipinski definition) is 4. The number of nitrogens with zero attached hydrogens (tertiary/aromatic N) is 2. The Balaban J connectivity index is 2.31. The highest BCUT2D eigenvalue weighted by molar-refractivity contribution is 9.10. The Hall–Kier alpha value is -1.62. The zero-order chi connectivity index (χ0) is 12.4. The van der Waals surface area contributed by atoms with E-state index in [0.29, 0.717) is 16.4 Å². The van der Waals surface area contributed by atoms with Gasteiger partial charge >= 0.3 is 0 Å². The molecule has 0 atom stereocenters. The lowest BCUT2D eigenvalue weighted by molar-refractivity contribution is 1.14. The molecule has 88 valence electrons. The molecule has 1 heterocycles. The fourth-order valence-corrected chi connectivity index (χ4v) is 1.97. The summed E-state index contributed by atoms with van der Waals surface area (Å²) < 4.78 is 0.664.